The van der Waals surface area contributed by atoms with Crippen molar-refractivity contribution in [1.29, 1.82) is 0 Å². The highest BCUT2D eigenvalue weighted by molar-refractivity contribution is 7.17. The second kappa shape index (κ2) is 9.81. The van der Waals surface area contributed by atoms with Crippen molar-refractivity contribution >= 4 is 50.5 Å². The van der Waals surface area contributed by atoms with Crippen LogP contribution in [0.1, 0.15) is 0 Å². The van der Waals surface area contributed by atoms with Gasteiger partial charge in [-0.1, -0.05) is 12.6 Å². The van der Waals surface area contributed by atoms with E-state index in [1.807, 2.05) is 5.38 Å². The number of thiophene rings is 1. The molecule has 0 radical (unpaired) electrons. The number of ether oxygens (including phenoxy) is 1. The first-order chi connectivity index (χ1) is 16.3. The Bertz CT molecular complexity index is 1350. The van der Waals surface area contributed by atoms with E-state index in [1.165, 1.54) is 22.4 Å². The highest BCUT2D eigenvalue weighted by Crippen LogP contribution is 2.34. The lowest BCUT2D eigenvalue weighted by atomic mass is 10.2. The number of hydrogen-bond acceptors (Lipinski definition) is 8. The smallest absolute Gasteiger partial charge is 0.247 e. The van der Waals surface area contributed by atoms with Crippen molar-refractivity contribution in [3.63, 3.8) is 0 Å². The Hall–Kier alpha value is -4.09. The van der Waals surface area contributed by atoms with Crippen LogP contribution in [0.2, 0.25) is 0 Å². The van der Waals surface area contributed by atoms with E-state index in [-0.39, 0.29) is 29.1 Å². The molecule has 2 heterocycles. The molecule has 4 aromatic rings. The van der Waals surface area contributed by atoms with Gasteiger partial charge >= 0.3 is 0 Å². The van der Waals surface area contributed by atoms with Gasteiger partial charge in [0.2, 0.25) is 17.7 Å². The predicted octanol–water partition coefficient (Wildman–Crippen LogP) is 5.52. The Labute approximate surface area is 197 Å². The van der Waals surface area contributed by atoms with E-state index in [1.54, 1.807) is 44.4 Å². The van der Waals surface area contributed by atoms with Crippen LogP contribution in [0.4, 0.5) is 31.8 Å². The van der Waals surface area contributed by atoms with E-state index in [0.717, 1.165) is 12.1 Å². The van der Waals surface area contributed by atoms with Crippen LogP contribution in [0.25, 0.3) is 10.2 Å². The summed E-state index contributed by atoms with van der Waals surface area (Å²) in [7, 11) is 3.25. The number of rotatable bonds is 8. The third-order valence-corrected chi connectivity index (χ3v) is 5.30. The van der Waals surface area contributed by atoms with Crippen LogP contribution >= 0.6 is 11.3 Å². The molecule has 34 heavy (non-hydrogen) atoms. The molecule has 0 saturated heterocycles. The minimum absolute atomic E-state index is 0.101. The number of hydrogen-bond donors (Lipinski definition) is 3. The van der Waals surface area contributed by atoms with Gasteiger partial charge in [-0.15, -0.1) is 11.3 Å². The van der Waals surface area contributed by atoms with Crippen LogP contribution in [0.15, 0.2) is 60.5 Å². The first-order valence-electron chi connectivity index (χ1n) is 9.99. The molecule has 8 nitrogen and oxygen atoms in total. The van der Waals surface area contributed by atoms with Gasteiger partial charge in [-0.2, -0.15) is 4.98 Å². The highest BCUT2D eigenvalue weighted by Gasteiger charge is 2.15. The molecule has 11 heteroatoms. The topological polar surface area (TPSA) is 91.4 Å². The summed E-state index contributed by atoms with van der Waals surface area (Å²) < 4.78 is 35.5. The van der Waals surface area contributed by atoms with Gasteiger partial charge in [0.05, 0.1) is 5.52 Å². The molecule has 174 valence electrons. The number of hydrazine groups is 1. The largest absolute Gasteiger partial charge is 0.437 e. The van der Waals surface area contributed by atoms with E-state index < -0.39 is 11.6 Å². The molecule has 2 aromatic heterocycles. The summed E-state index contributed by atoms with van der Waals surface area (Å²) in [6.45, 7) is 3.43. The van der Waals surface area contributed by atoms with Crippen molar-refractivity contribution in [2.45, 2.75) is 0 Å². The van der Waals surface area contributed by atoms with Crippen LogP contribution in [0.5, 0.6) is 11.6 Å². The number of nitrogens with zero attached hydrogens (tertiary/aromatic N) is 3. The molecule has 4 rings (SSSR count). The molecule has 1 amide bonds. The summed E-state index contributed by atoms with van der Waals surface area (Å²) in [5, 5.41) is 8.76. The monoisotopic (exact) mass is 482 g/mol. The molecule has 0 saturated carbocycles. The van der Waals surface area contributed by atoms with Gasteiger partial charge in [0.15, 0.2) is 11.6 Å². The number of aromatic nitrogens is 2. The standard InChI is InChI=1S/C23H20F2N6O2S/c1-4-19(32)26-13-6-5-7-15(10-13)33-22-21-18(8-9-34-21)28-23(29-22)27-14-11-16(24)20(17(25)12-14)30-31(2)3/h4-12,30H,1H2,2-3H3,(H,26,32)(H,27,28,29). The molecule has 0 spiro atoms. The summed E-state index contributed by atoms with van der Waals surface area (Å²) >= 11 is 1.39. The normalized spacial score (nSPS) is 10.9. The molecule has 0 atom stereocenters. The maximum atomic E-state index is 14.4. The number of carbonyl (C=O) groups is 1. The van der Waals surface area contributed by atoms with Crippen molar-refractivity contribution in [2.24, 2.45) is 0 Å². The van der Waals surface area contributed by atoms with E-state index in [9.17, 15) is 13.6 Å². The lowest BCUT2D eigenvalue weighted by Gasteiger charge is -2.16. The third kappa shape index (κ3) is 5.27. The van der Waals surface area contributed by atoms with Crippen molar-refractivity contribution < 1.29 is 18.3 Å². The van der Waals surface area contributed by atoms with Gasteiger partial charge in [0.1, 0.15) is 16.1 Å². The minimum atomic E-state index is -0.775. The molecule has 3 N–H and O–H groups in total. The number of nitrogens with one attached hydrogen (secondary N) is 3. The van der Waals surface area contributed by atoms with Gasteiger partial charge in [0.25, 0.3) is 0 Å². The predicted molar refractivity (Wildman–Crippen MR) is 130 cm³/mol. The molecule has 0 unspecified atom stereocenters. The number of benzene rings is 2. The fourth-order valence-electron chi connectivity index (χ4n) is 3.01. The molecule has 0 aliphatic carbocycles. The van der Waals surface area contributed by atoms with Gasteiger partial charge < -0.3 is 20.8 Å². The quantitative estimate of drug-likeness (QED) is 0.225. The zero-order valence-electron chi connectivity index (χ0n) is 18.2. The van der Waals surface area contributed by atoms with Crippen LogP contribution in [-0.2, 0) is 4.79 Å². The summed E-state index contributed by atoms with van der Waals surface area (Å²) in [6, 6.07) is 10.8. The summed E-state index contributed by atoms with van der Waals surface area (Å²) in [4.78, 5) is 20.4. The van der Waals surface area contributed by atoms with E-state index in [0.29, 0.717) is 21.7 Å². The number of halogens is 2. The Balaban J connectivity index is 1.63. The summed E-state index contributed by atoms with van der Waals surface area (Å²) in [5.41, 5.74) is 3.57. The van der Waals surface area contributed by atoms with Crippen LogP contribution in [0.3, 0.4) is 0 Å². The zero-order chi connectivity index (χ0) is 24.2. The molecular weight excluding hydrogens is 462 g/mol. The van der Waals surface area contributed by atoms with Gasteiger partial charge in [0, 0.05) is 31.5 Å². The molecular formula is C23H20F2N6O2S. The number of fused-ring (bicyclic) bond motifs is 1. The fourth-order valence-corrected chi connectivity index (χ4v) is 3.76. The number of carbonyl (C=O) groups excluding carboxylic acids is 1. The molecule has 2 aromatic carbocycles. The molecule has 0 aliphatic rings. The average molecular weight is 483 g/mol. The Morgan fingerprint density at radius 1 is 1.12 bits per heavy atom. The Morgan fingerprint density at radius 3 is 2.59 bits per heavy atom. The van der Waals surface area contributed by atoms with Gasteiger partial charge in [-0.3, -0.25) is 4.79 Å². The molecule has 0 fully saturated rings. The molecule has 0 aliphatic heterocycles. The fraction of sp³-hybridized carbons (Fsp3) is 0.0870. The lowest BCUT2D eigenvalue weighted by Crippen LogP contribution is -2.21. The second-order valence-corrected chi connectivity index (χ2v) is 8.17. The maximum Gasteiger partial charge on any atom is 0.247 e. The summed E-state index contributed by atoms with van der Waals surface area (Å²) in [6.07, 6.45) is 1.17. The van der Waals surface area contributed by atoms with Crippen LogP contribution in [0, 0.1) is 11.6 Å². The first-order valence-corrected chi connectivity index (χ1v) is 10.9. The Morgan fingerprint density at radius 2 is 1.88 bits per heavy atom. The number of amides is 1. The SMILES string of the molecule is C=CC(=O)Nc1cccc(Oc2nc(Nc3cc(F)c(NN(C)C)c(F)c3)nc3ccsc23)c1. The first kappa shape index (κ1) is 23.1. The number of anilines is 4. The lowest BCUT2D eigenvalue weighted by molar-refractivity contribution is -0.111. The third-order valence-electron chi connectivity index (χ3n) is 4.41. The van der Waals surface area contributed by atoms with E-state index in [2.05, 4.69) is 32.6 Å². The van der Waals surface area contributed by atoms with Gasteiger partial charge in [-0.25, -0.2) is 18.8 Å². The van der Waals surface area contributed by atoms with Crippen molar-refractivity contribution in [3.8, 4) is 11.6 Å². The minimum Gasteiger partial charge on any atom is -0.437 e. The van der Waals surface area contributed by atoms with Crippen LogP contribution < -0.4 is 20.8 Å². The maximum absolute atomic E-state index is 14.4. The Kier molecular flexibility index (Phi) is 6.66. The van der Waals surface area contributed by atoms with Gasteiger partial charge in [-0.05, 0) is 41.8 Å². The van der Waals surface area contributed by atoms with Crippen molar-refractivity contribution in [3.05, 3.63) is 72.1 Å². The second-order valence-electron chi connectivity index (χ2n) is 7.26. The van der Waals surface area contributed by atoms with E-state index >= 15 is 0 Å². The zero-order valence-corrected chi connectivity index (χ0v) is 19.0. The van der Waals surface area contributed by atoms with Crippen molar-refractivity contribution in [1.82, 2.24) is 15.0 Å². The molecule has 0 bridgehead atoms. The van der Waals surface area contributed by atoms with Crippen molar-refractivity contribution in [2.75, 3.05) is 30.2 Å². The van der Waals surface area contributed by atoms with E-state index in [4.69, 9.17) is 4.74 Å². The van der Waals surface area contributed by atoms with Crippen LogP contribution in [-0.4, -0.2) is 35.0 Å². The highest BCUT2D eigenvalue weighted by atomic mass is 32.1. The summed E-state index contributed by atoms with van der Waals surface area (Å²) in [5.74, 6) is -1.12. The average Bonchev–Trinajstić information content (AvgIpc) is 3.25.